The Morgan fingerprint density at radius 2 is 1.88 bits per heavy atom. The van der Waals surface area contributed by atoms with Crippen LogP contribution in [-0.2, 0) is 13.1 Å². The molecule has 0 spiro atoms. The van der Waals surface area contributed by atoms with Crippen LogP contribution in [0.15, 0.2) is 53.5 Å². The maximum Gasteiger partial charge on any atom is 0.269 e. The van der Waals surface area contributed by atoms with Crippen molar-refractivity contribution >= 4 is 35.6 Å². The summed E-state index contributed by atoms with van der Waals surface area (Å²) in [5.41, 5.74) is 1.59. The Morgan fingerprint density at radius 1 is 1.16 bits per heavy atom. The zero-order valence-electron chi connectivity index (χ0n) is 13.7. The minimum Gasteiger partial charge on any atom is -0.357 e. The number of nitrogens with one attached hydrogen (secondary N) is 2. The van der Waals surface area contributed by atoms with E-state index in [-0.39, 0.29) is 35.5 Å². The molecule has 0 amide bonds. The third kappa shape index (κ3) is 7.04. The molecule has 0 heterocycles. The van der Waals surface area contributed by atoms with Crippen molar-refractivity contribution in [2.75, 3.05) is 6.54 Å². The van der Waals surface area contributed by atoms with Gasteiger partial charge in [-0.3, -0.25) is 10.1 Å². The van der Waals surface area contributed by atoms with Crippen LogP contribution in [-0.4, -0.2) is 17.4 Å². The van der Waals surface area contributed by atoms with E-state index in [0.29, 0.717) is 25.6 Å². The molecule has 0 radical (unpaired) electrons. The first kappa shape index (κ1) is 20.8. The third-order valence-electron chi connectivity index (χ3n) is 3.23. The molecular formula is C17H20FIN4O2. The fraction of sp³-hybridized carbons (Fsp3) is 0.235. The van der Waals surface area contributed by atoms with Crippen molar-refractivity contribution in [3.8, 4) is 0 Å². The Kier molecular flexibility index (Phi) is 8.82. The highest BCUT2D eigenvalue weighted by atomic mass is 127. The van der Waals surface area contributed by atoms with E-state index in [1.165, 1.54) is 24.3 Å². The van der Waals surface area contributed by atoms with Crippen LogP contribution in [0.3, 0.4) is 0 Å². The Morgan fingerprint density at radius 3 is 2.56 bits per heavy atom. The second-order valence-corrected chi connectivity index (χ2v) is 5.11. The predicted octanol–water partition coefficient (Wildman–Crippen LogP) is 3.61. The van der Waals surface area contributed by atoms with Crippen LogP contribution in [0.1, 0.15) is 18.1 Å². The highest BCUT2D eigenvalue weighted by Gasteiger charge is 2.05. The zero-order chi connectivity index (χ0) is 17.4. The quantitative estimate of drug-likeness (QED) is 0.228. The van der Waals surface area contributed by atoms with E-state index >= 15 is 0 Å². The Labute approximate surface area is 162 Å². The van der Waals surface area contributed by atoms with Gasteiger partial charge in [-0.05, 0) is 30.2 Å². The minimum absolute atomic E-state index is 0. The molecule has 25 heavy (non-hydrogen) atoms. The molecular weight excluding hydrogens is 438 g/mol. The summed E-state index contributed by atoms with van der Waals surface area (Å²) in [6, 6.07) is 12.7. The first-order valence-electron chi connectivity index (χ1n) is 7.58. The number of rotatable bonds is 6. The van der Waals surface area contributed by atoms with Crippen molar-refractivity contribution in [3.63, 3.8) is 0 Å². The average molecular weight is 458 g/mol. The standard InChI is InChI=1S/C17H19FN4O2.HI/c1-2-19-17(20-11-13-5-3-7-15(18)9-13)21-12-14-6-4-8-16(10-14)22(23)24;/h3-10H,2,11-12H2,1H3,(H2,19,20,21);1H. The second-order valence-electron chi connectivity index (χ2n) is 5.11. The summed E-state index contributed by atoms with van der Waals surface area (Å²) in [6.45, 7) is 3.34. The van der Waals surface area contributed by atoms with E-state index in [4.69, 9.17) is 0 Å². The predicted molar refractivity (Wildman–Crippen MR) is 107 cm³/mol. The van der Waals surface area contributed by atoms with E-state index in [2.05, 4.69) is 15.6 Å². The first-order valence-corrected chi connectivity index (χ1v) is 7.58. The first-order chi connectivity index (χ1) is 11.6. The van der Waals surface area contributed by atoms with Gasteiger partial charge in [0.25, 0.3) is 5.69 Å². The Hall–Kier alpha value is -2.23. The van der Waals surface area contributed by atoms with Crippen molar-refractivity contribution in [2.24, 2.45) is 4.99 Å². The lowest BCUT2D eigenvalue weighted by Gasteiger charge is -2.11. The number of non-ortho nitro benzene ring substituents is 1. The monoisotopic (exact) mass is 458 g/mol. The maximum absolute atomic E-state index is 13.2. The van der Waals surface area contributed by atoms with Gasteiger partial charge in [0.15, 0.2) is 5.96 Å². The molecule has 0 aliphatic carbocycles. The number of halogens is 2. The van der Waals surface area contributed by atoms with Crippen molar-refractivity contribution in [3.05, 3.63) is 75.6 Å². The molecule has 6 nitrogen and oxygen atoms in total. The van der Waals surface area contributed by atoms with E-state index in [1.807, 2.05) is 13.0 Å². The third-order valence-corrected chi connectivity index (χ3v) is 3.23. The van der Waals surface area contributed by atoms with Gasteiger partial charge >= 0.3 is 0 Å². The van der Waals surface area contributed by atoms with Gasteiger partial charge in [-0.2, -0.15) is 0 Å². The number of hydrogen-bond acceptors (Lipinski definition) is 3. The summed E-state index contributed by atoms with van der Waals surface area (Å²) >= 11 is 0. The topological polar surface area (TPSA) is 79.6 Å². The average Bonchev–Trinajstić information content (AvgIpc) is 2.57. The van der Waals surface area contributed by atoms with Crippen LogP contribution in [0.25, 0.3) is 0 Å². The van der Waals surface area contributed by atoms with Crippen molar-refractivity contribution in [1.29, 1.82) is 0 Å². The fourth-order valence-corrected chi connectivity index (χ4v) is 2.11. The minimum atomic E-state index is -0.430. The largest absolute Gasteiger partial charge is 0.357 e. The summed E-state index contributed by atoms with van der Waals surface area (Å²) in [6.07, 6.45) is 0. The number of nitro benzene ring substituents is 1. The lowest BCUT2D eigenvalue weighted by Crippen LogP contribution is -2.36. The van der Waals surface area contributed by atoms with Crippen LogP contribution in [0.5, 0.6) is 0 Å². The van der Waals surface area contributed by atoms with Crippen LogP contribution >= 0.6 is 24.0 Å². The smallest absolute Gasteiger partial charge is 0.269 e. The Balaban J connectivity index is 0.00000312. The van der Waals surface area contributed by atoms with Crippen molar-refractivity contribution in [1.82, 2.24) is 10.6 Å². The van der Waals surface area contributed by atoms with E-state index < -0.39 is 4.92 Å². The van der Waals surface area contributed by atoms with Crippen LogP contribution in [0.2, 0.25) is 0 Å². The molecule has 0 aromatic heterocycles. The maximum atomic E-state index is 13.2. The molecule has 8 heteroatoms. The van der Waals surface area contributed by atoms with Gasteiger partial charge in [0.2, 0.25) is 0 Å². The SMILES string of the molecule is CCNC(=NCc1cccc([N+](=O)[O-])c1)NCc1cccc(F)c1.I. The summed E-state index contributed by atoms with van der Waals surface area (Å²) in [7, 11) is 0. The molecule has 134 valence electrons. The normalized spacial score (nSPS) is 10.7. The molecule has 2 aromatic rings. The molecule has 0 unspecified atom stereocenters. The van der Waals surface area contributed by atoms with Crippen molar-refractivity contribution in [2.45, 2.75) is 20.0 Å². The number of hydrogen-bond donors (Lipinski definition) is 2. The van der Waals surface area contributed by atoms with Crippen LogP contribution < -0.4 is 10.6 Å². The zero-order valence-corrected chi connectivity index (χ0v) is 16.1. The molecule has 0 fully saturated rings. The summed E-state index contributed by atoms with van der Waals surface area (Å²) in [5, 5.41) is 17.0. The lowest BCUT2D eigenvalue weighted by atomic mass is 10.2. The highest BCUT2D eigenvalue weighted by Crippen LogP contribution is 2.13. The Bertz CT molecular complexity index is 740. The molecule has 2 rings (SSSR count). The summed E-state index contributed by atoms with van der Waals surface area (Å²) in [5.74, 6) is 0.279. The summed E-state index contributed by atoms with van der Waals surface area (Å²) in [4.78, 5) is 14.8. The van der Waals surface area contributed by atoms with Gasteiger partial charge in [-0.25, -0.2) is 9.38 Å². The molecule has 0 aliphatic heterocycles. The van der Waals surface area contributed by atoms with E-state index in [1.54, 1.807) is 18.2 Å². The molecule has 2 aromatic carbocycles. The molecule has 0 bridgehead atoms. The summed E-state index contributed by atoms with van der Waals surface area (Å²) < 4.78 is 13.2. The molecule has 0 atom stereocenters. The van der Waals surface area contributed by atoms with Gasteiger partial charge in [-0.15, -0.1) is 24.0 Å². The molecule has 0 aliphatic rings. The molecule has 0 saturated carbocycles. The number of guanidine groups is 1. The number of nitro groups is 1. The number of nitrogens with zero attached hydrogens (tertiary/aromatic N) is 2. The highest BCUT2D eigenvalue weighted by molar-refractivity contribution is 14.0. The van der Waals surface area contributed by atoms with Crippen LogP contribution in [0.4, 0.5) is 10.1 Å². The van der Waals surface area contributed by atoms with Gasteiger partial charge in [-0.1, -0.05) is 24.3 Å². The lowest BCUT2D eigenvalue weighted by molar-refractivity contribution is -0.384. The second kappa shape index (κ2) is 10.6. The molecule has 0 saturated heterocycles. The van der Waals surface area contributed by atoms with Gasteiger partial charge < -0.3 is 10.6 Å². The molecule has 2 N–H and O–H groups in total. The van der Waals surface area contributed by atoms with Gasteiger partial charge in [0.1, 0.15) is 5.82 Å². The fourth-order valence-electron chi connectivity index (χ4n) is 2.11. The van der Waals surface area contributed by atoms with E-state index in [0.717, 1.165) is 11.1 Å². The van der Waals surface area contributed by atoms with Gasteiger partial charge in [0.05, 0.1) is 11.5 Å². The number of benzene rings is 2. The van der Waals surface area contributed by atoms with Gasteiger partial charge in [0, 0.05) is 25.2 Å². The number of aliphatic imine (C=N–C) groups is 1. The van der Waals surface area contributed by atoms with E-state index in [9.17, 15) is 14.5 Å². The van der Waals surface area contributed by atoms with Crippen LogP contribution in [0, 0.1) is 15.9 Å². The van der Waals surface area contributed by atoms with Crippen molar-refractivity contribution < 1.29 is 9.31 Å².